The highest BCUT2D eigenvalue weighted by molar-refractivity contribution is 5.97. The average molecular weight is 271 g/mol. The third-order valence-corrected chi connectivity index (χ3v) is 2.92. The Morgan fingerprint density at radius 1 is 1.20 bits per heavy atom. The molecule has 0 aliphatic rings. The number of carbonyl (C=O) groups excluding carboxylic acids is 1. The zero-order valence-electron chi connectivity index (χ0n) is 11.1. The molecule has 0 saturated heterocycles. The van der Waals surface area contributed by atoms with E-state index < -0.39 is 5.91 Å². The molecule has 0 radical (unpaired) electrons. The number of primary amides is 1. The van der Waals surface area contributed by atoms with Crippen LogP contribution in [0.3, 0.4) is 0 Å². The van der Waals surface area contributed by atoms with Crippen LogP contribution in [0.4, 0.5) is 5.69 Å². The van der Waals surface area contributed by atoms with Crippen molar-refractivity contribution in [1.29, 1.82) is 0 Å². The Kier molecular flexibility index (Phi) is 4.55. The summed E-state index contributed by atoms with van der Waals surface area (Å²) in [5.41, 5.74) is 13.0. The van der Waals surface area contributed by atoms with E-state index in [0.717, 1.165) is 12.8 Å². The fourth-order valence-electron chi connectivity index (χ4n) is 1.91. The summed E-state index contributed by atoms with van der Waals surface area (Å²) in [5.74, 6) is -0.170. The van der Waals surface area contributed by atoms with Crippen LogP contribution in [0, 0.1) is 0 Å². The molecule has 1 amide bonds. The van der Waals surface area contributed by atoms with Crippen LogP contribution in [0.15, 0.2) is 42.7 Å². The lowest BCUT2D eigenvalue weighted by molar-refractivity contribution is 0.0996. The Labute approximate surface area is 117 Å². The number of amides is 1. The minimum absolute atomic E-state index is 0.314. The lowest BCUT2D eigenvalue weighted by Gasteiger charge is -2.11. The minimum Gasteiger partial charge on any atom is -0.491 e. The number of anilines is 1. The van der Waals surface area contributed by atoms with Gasteiger partial charge >= 0.3 is 0 Å². The Morgan fingerprint density at radius 2 is 1.95 bits per heavy atom. The van der Waals surface area contributed by atoms with E-state index in [0.29, 0.717) is 23.6 Å². The van der Waals surface area contributed by atoms with Crippen LogP contribution in [0.25, 0.3) is 0 Å². The standard InChI is InChI=1S/C15H17N3O2/c16-13-5-1-4-12(15(17)19)14(13)20-10-2-3-11-6-8-18-9-7-11/h1,4-9H,2-3,10,16H2,(H2,17,19). The normalized spacial score (nSPS) is 10.2. The highest BCUT2D eigenvalue weighted by Gasteiger charge is 2.11. The Morgan fingerprint density at radius 3 is 2.65 bits per heavy atom. The molecule has 1 heterocycles. The highest BCUT2D eigenvalue weighted by atomic mass is 16.5. The summed E-state index contributed by atoms with van der Waals surface area (Å²) in [6, 6.07) is 8.90. The van der Waals surface area contributed by atoms with Crippen molar-refractivity contribution in [2.75, 3.05) is 12.3 Å². The van der Waals surface area contributed by atoms with Gasteiger partial charge in [-0.25, -0.2) is 0 Å². The van der Waals surface area contributed by atoms with E-state index in [9.17, 15) is 4.79 Å². The number of nitrogens with two attached hydrogens (primary N) is 2. The van der Waals surface area contributed by atoms with Crippen LogP contribution in [0.2, 0.25) is 0 Å². The molecular weight excluding hydrogens is 254 g/mol. The third kappa shape index (κ3) is 3.47. The van der Waals surface area contributed by atoms with Crippen molar-refractivity contribution in [3.8, 4) is 5.75 Å². The number of para-hydroxylation sites is 1. The molecule has 0 bridgehead atoms. The van der Waals surface area contributed by atoms with Gasteiger partial charge in [0.1, 0.15) is 0 Å². The van der Waals surface area contributed by atoms with E-state index in [2.05, 4.69) is 4.98 Å². The van der Waals surface area contributed by atoms with Gasteiger partial charge in [-0.15, -0.1) is 0 Å². The lowest BCUT2D eigenvalue weighted by atomic mass is 10.1. The van der Waals surface area contributed by atoms with Gasteiger partial charge in [0, 0.05) is 12.4 Å². The summed E-state index contributed by atoms with van der Waals surface area (Å²) in [6.07, 6.45) is 5.21. The van der Waals surface area contributed by atoms with Crippen LogP contribution < -0.4 is 16.2 Å². The molecule has 2 rings (SSSR count). The summed E-state index contributed by atoms with van der Waals surface area (Å²) in [7, 11) is 0. The zero-order valence-corrected chi connectivity index (χ0v) is 11.1. The summed E-state index contributed by atoms with van der Waals surface area (Å²) in [4.78, 5) is 15.3. The first kappa shape index (κ1) is 13.9. The number of ether oxygens (including phenoxy) is 1. The molecule has 1 aromatic heterocycles. The van der Waals surface area contributed by atoms with Crippen LogP contribution in [-0.2, 0) is 6.42 Å². The fourth-order valence-corrected chi connectivity index (χ4v) is 1.91. The molecule has 0 aliphatic heterocycles. The van der Waals surface area contributed by atoms with Crippen molar-refractivity contribution in [3.63, 3.8) is 0 Å². The number of hydrogen-bond donors (Lipinski definition) is 2. The molecule has 1 aromatic carbocycles. The predicted molar refractivity (Wildman–Crippen MR) is 77.4 cm³/mol. The first-order valence-electron chi connectivity index (χ1n) is 6.38. The maximum atomic E-state index is 11.3. The van der Waals surface area contributed by atoms with Gasteiger partial charge in [-0.2, -0.15) is 0 Å². The summed E-state index contributed by atoms with van der Waals surface area (Å²) < 4.78 is 5.61. The van der Waals surface area contributed by atoms with Crippen LogP contribution >= 0.6 is 0 Å². The zero-order chi connectivity index (χ0) is 14.4. The monoisotopic (exact) mass is 271 g/mol. The van der Waals surface area contributed by atoms with Gasteiger partial charge in [0.25, 0.3) is 5.91 Å². The molecule has 2 aromatic rings. The smallest absolute Gasteiger partial charge is 0.252 e. The van der Waals surface area contributed by atoms with E-state index in [4.69, 9.17) is 16.2 Å². The number of aromatic nitrogens is 1. The van der Waals surface area contributed by atoms with E-state index in [-0.39, 0.29) is 0 Å². The number of carbonyl (C=O) groups is 1. The second-order valence-electron chi connectivity index (χ2n) is 4.40. The molecule has 0 atom stereocenters. The van der Waals surface area contributed by atoms with Gasteiger partial charge in [0.15, 0.2) is 5.75 Å². The first-order chi connectivity index (χ1) is 9.68. The van der Waals surface area contributed by atoms with E-state index in [1.165, 1.54) is 5.56 Å². The quantitative estimate of drug-likeness (QED) is 0.618. The topological polar surface area (TPSA) is 91.2 Å². The molecule has 0 saturated carbocycles. The molecule has 0 unspecified atom stereocenters. The number of rotatable bonds is 6. The maximum Gasteiger partial charge on any atom is 0.252 e. The predicted octanol–water partition coefficient (Wildman–Crippen LogP) is 1.77. The molecule has 4 N–H and O–H groups in total. The molecule has 5 heteroatoms. The van der Waals surface area contributed by atoms with E-state index in [1.807, 2.05) is 12.1 Å². The van der Waals surface area contributed by atoms with Crippen molar-refractivity contribution in [1.82, 2.24) is 4.98 Å². The van der Waals surface area contributed by atoms with Crippen LogP contribution in [0.5, 0.6) is 5.75 Å². The minimum atomic E-state index is -0.540. The van der Waals surface area contributed by atoms with Crippen molar-refractivity contribution in [3.05, 3.63) is 53.9 Å². The van der Waals surface area contributed by atoms with Crippen molar-refractivity contribution in [2.24, 2.45) is 5.73 Å². The molecule has 0 spiro atoms. The second-order valence-corrected chi connectivity index (χ2v) is 4.40. The van der Waals surface area contributed by atoms with Gasteiger partial charge in [-0.05, 0) is 42.7 Å². The van der Waals surface area contributed by atoms with E-state index in [1.54, 1.807) is 30.6 Å². The van der Waals surface area contributed by atoms with Gasteiger partial charge in [-0.1, -0.05) is 6.07 Å². The molecule has 20 heavy (non-hydrogen) atoms. The fraction of sp³-hybridized carbons (Fsp3) is 0.200. The largest absolute Gasteiger partial charge is 0.491 e. The number of pyridine rings is 1. The number of nitrogen functional groups attached to an aromatic ring is 1. The summed E-state index contributed by atoms with van der Waals surface area (Å²) >= 11 is 0. The lowest BCUT2D eigenvalue weighted by Crippen LogP contribution is -2.14. The third-order valence-electron chi connectivity index (χ3n) is 2.92. The maximum absolute atomic E-state index is 11.3. The van der Waals surface area contributed by atoms with Crippen molar-refractivity contribution < 1.29 is 9.53 Å². The average Bonchev–Trinajstić information content (AvgIpc) is 2.45. The molecule has 5 nitrogen and oxygen atoms in total. The Bertz CT molecular complexity index is 585. The molecule has 104 valence electrons. The summed E-state index contributed by atoms with van der Waals surface area (Å²) in [5, 5.41) is 0. The molecule has 0 fully saturated rings. The number of benzene rings is 1. The van der Waals surface area contributed by atoms with Gasteiger partial charge < -0.3 is 16.2 Å². The van der Waals surface area contributed by atoms with Crippen molar-refractivity contribution >= 4 is 11.6 Å². The SMILES string of the molecule is NC(=O)c1cccc(N)c1OCCCc1ccncc1. The summed E-state index contributed by atoms with van der Waals surface area (Å²) in [6.45, 7) is 0.469. The molecule has 0 aliphatic carbocycles. The van der Waals surface area contributed by atoms with Crippen LogP contribution in [-0.4, -0.2) is 17.5 Å². The Hall–Kier alpha value is -2.56. The molecular formula is C15H17N3O2. The van der Waals surface area contributed by atoms with Gasteiger partial charge in [-0.3, -0.25) is 9.78 Å². The Balaban J connectivity index is 1.93. The van der Waals surface area contributed by atoms with Gasteiger partial charge in [0.05, 0.1) is 17.9 Å². The number of nitrogens with zero attached hydrogens (tertiary/aromatic N) is 1. The van der Waals surface area contributed by atoms with Gasteiger partial charge in [0.2, 0.25) is 0 Å². The van der Waals surface area contributed by atoms with Crippen LogP contribution in [0.1, 0.15) is 22.3 Å². The van der Waals surface area contributed by atoms with Crippen molar-refractivity contribution in [2.45, 2.75) is 12.8 Å². The van der Waals surface area contributed by atoms with E-state index >= 15 is 0 Å². The first-order valence-corrected chi connectivity index (χ1v) is 6.38. The number of hydrogen-bond acceptors (Lipinski definition) is 4. The second kappa shape index (κ2) is 6.56. The highest BCUT2D eigenvalue weighted by Crippen LogP contribution is 2.26. The number of aryl methyl sites for hydroxylation is 1.